The summed E-state index contributed by atoms with van der Waals surface area (Å²) >= 11 is 6.32. The van der Waals surface area contributed by atoms with E-state index in [2.05, 4.69) is 0 Å². The van der Waals surface area contributed by atoms with Gasteiger partial charge in [0.05, 0.1) is 38.0 Å². The number of hydrogen-bond acceptors (Lipinski definition) is 7. The second-order valence-electron chi connectivity index (χ2n) is 7.68. The van der Waals surface area contributed by atoms with Crippen LogP contribution in [0.5, 0.6) is 23.0 Å². The van der Waals surface area contributed by atoms with Crippen LogP contribution in [-0.2, 0) is 22.5 Å². The molecule has 0 atom stereocenters. The van der Waals surface area contributed by atoms with Gasteiger partial charge in [-0.2, -0.15) is 0 Å². The van der Waals surface area contributed by atoms with Crippen LogP contribution in [0.4, 0.5) is 0 Å². The zero-order chi connectivity index (χ0) is 24.7. The maximum absolute atomic E-state index is 12.8. The smallest absolute Gasteiger partial charge is 0.338 e. The van der Waals surface area contributed by atoms with Gasteiger partial charge >= 0.3 is 5.97 Å². The van der Waals surface area contributed by atoms with E-state index in [1.807, 2.05) is 26.0 Å². The molecule has 0 N–H and O–H groups in total. The molecule has 2 aromatic rings. The number of nitrogens with zero attached hydrogens (tertiary/aromatic N) is 1. The number of methoxy groups -OCH3 is 2. The molecule has 0 saturated heterocycles. The van der Waals surface area contributed by atoms with Crippen LogP contribution < -0.4 is 18.9 Å². The summed E-state index contributed by atoms with van der Waals surface area (Å²) in [5.41, 5.74) is 2.26. The number of amides is 1. The van der Waals surface area contributed by atoms with E-state index in [0.29, 0.717) is 55.7 Å². The Balaban J connectivity index is 1.65. The molecule has 0 radical (unpaired) electrons. The number of hydrogen-bond donors (Lipinski definition) is 0. The number of halogens is 1. The van der Waals surface area contributed by atoms with Gasteiger partial charge in [0.25, 0.3) is 5.91 Å². The van der Waals surface area contributed by atoms with Gasteiger partial charge in [0.2, 0.25) is 0 Å². The molecule has 1 amide bonds. The SMILES string of the molecule is CCCOc1c(Cl)cc(C(=O)OCC(=O)N2CCc3cc(OC)c(OC)cc3C2)cc1OCC. The molecule has 0 bridgehead atoms. The molecule has 0 aliphatic carbocycles. The molecule has 9 heteroatoms. The van der Waals surface area contributed by atoms with Gasteiger partial charge in [-0.25, -0.2) is 4.79 Å². The zero-order valence-electron chi connectivity index (χ0n) is 19.9. The van der Waals surface area contributed by atoms with E-state index in [-0.39, 0.29) is 23.1 Å². The first kappa shape index (κ1) is 25.5. The number of rotatable bonds is 10. The number of fused-ring (bicyclic) bond motifs is 1. The third-order valence-electron chi connectivity index (χ3n) is 5.39. The maximum Gasteiger partial charge on any atom is 0.338 e. The Morgan fingerprint density at radius 1 is 0.971 bits per heavy atom. The average Bonchev–Trinajstić information content (AvgIpc) is 2.85. The van der Waals surface area contributed by atoms with Gasteiger partial charge in [-0.3, -0.25) is 4.79 Å². The molecule has 0 saturated carbocycles. The van der Waals surface area contributed by atoms with Crippen LogP contribution in [0.1, 0.15) is 41.8 Å². The van der Waals surface area contributed by atoms with Crippen molar-refractivity contribution in [2.24, 2.45) is 0 Å². The lowest BCUT2D eigenvalue weighted by Gasteiger charge is -2.29. The van der Waals surface area contributed by atoms with Crippen LogP contribution >= 0.6 is 11.6 Å². The molecule has 184 valence electrons. The van der Waals surface area contributed by atoms with Gasteiger partial charge in [0.1, 0.15) is 0 Å². The predicted octanol–water partition coefficient (Wildman–Crippen LogP) is 4.29. The molecule has 34 heavy (non-hydrogen) atoms. The molecule has 1 heterocycles. The minimum atomic E-state index is -0.665. The van der Waals surface area contributed by atoms with E-state index in [1.165, 1.54) is 12.1 Å². The number of ether oxygens (including phenoxy) is 5. The van der Waals surface area contributed by atoms with Crippen molar-refractivity contribution in [1.82, 2.24) is 4.90 Å². The largest absolute Gasteiger partial charge is 0.493 e. The molecule has 8 nitrogen and oxygen atoms in total. The Labute approximate surface area is 204 Å². The lowest BCUT2D eigenvalue weighted by molar-refractivity contribution is -0.135. The third-order valence-corrected chi connectivity index (χ3v) is 5.67. The maximum atomic E-state index is 12.8. The normalized spacial score (nSPS) is 12.6. The van der Waals surface area contributed by atoms with Crippen LogP contribution in [0.15, 0.2) is 24.3 Å². The van der Waals surface area contributed by atoms with E-state index < -0.39 is 5.97 Å². The van der Waals surface area contributed by atoms with Crippen LogP contribution in [-0.4, -0.2) is 57.4 Å². The fraction of sp³-hybridized carbons (Fsp3) is 0.440. The van der Waals surface area contributed by atoms with Gasteiger partial charge in [-0.05, 0) is 55.2 Å². The highest BCUT2D eigenvalue weighted by Crippen LogP contribution is 2.37. The Morgan fingerprint density at radius 2 is 1.68 bits per heavy atom. The van der Waals surface area contributed by atoms with Crippen molar-refractivity contribution in [3.05, 3.63) is 46.0 Å². The Hall–Kier alpha value is -3.13. The van der Waals surface area contributed by atoms with E-state index >= 15 is 0 Å². The van der Waals surface area contributed by atoms with Gasteiger partial charge in [-0.15, -0.1) is 0 Å². The van der Waals surface area contributed by atoms with Crippen LogP contribution in [0.2, 0.25) is 5.02 Å². The Kier molecular flexibility index (Phi) is 8.87. The highest BCUT2D eigenvalue weighted by atomic mass is 35.5. The molecule has 0 aromatic heterocycles. The van der Waals surface area contributed by atoms with Crippen molar-refractivity contribution >= 4 is 23.5 Å². The van der Waals surface area contributed by atoms with Crippen LogP contribution in [0.3, 0.4) is 0 Å². The summed E-state index contributed by atoms with van der Waals surface area (Å²) in [4.78, 5) is 27.0. The summed E-state index contributed by atoms with van der Waals surface area (Å²) < 4.78 is 27.2. The fourth-order valence-corrected chi connectivity index (χ4v) is 3.96. The third kappa shape index (κ3) is 5.86. The molecule has 0 spiro atoms. The summed E-state index contributed by atoms with van der Waals surface area (Å²) in [6, 6.07) is 6.78. The Morgan fingerprint density at radius 3 is 2.32 bits per heavy atom. The highest BCUT2D eigenvalue weighted by Gasteiger charge is 2.24. The van der Waals surface area contributed by atoms with Crippen LogP contribution in [0, 0.1) is 0 Å². The summed E-state index contributed by atoms with van der Waals surface area (Å²) in [5.74, 6) is 1.06. The monoisotopic (exact) mass is 491 g/mol. The number of benzene rings is 2. The molecule has 1 aliphatic heterocycles. The first-order valence-corrected chi connectivity index (χ1v) is 11.6. The van der Waals surface area contributed by atoms with E-state index in [9.17, 15) is 9.59 Å². The second kappa shape index (κ2) is 11.8. The quantitative estimate of drug-likeness (QED) is 0.458. The van der Waals surface area contributed by atoms with Crippen LogP contribution in [0.25, 0.3) is 0 Å². The van der Waals surface area contributed by atoms with E-state index in [0.717, 1.165) is 17.5 Å². The van der Waals surface area contributed by atoms with Crippen molar-refractivity contribution in [1.29, 1.82) is 0 Å². The van der Waals surface area contributed by atoms with Crippen molar-refractivity contribution in [2.45, 2.75) is 33.2 Å². The van der Waals surface area contributed by atoms with Crippen molar-refractivity contribution < 1.29 is 33.3 Å². The van der Waals surface area contributed by atoms with Crippen molar-refractivity contribution in [3.63, 3.8) is 0 Å². The molecule has 1 aliphatic rings. The molecule has 2 aromatic carbocycles. The summed E-state index contributed by atoms with van der Waals surface area (Å²) in [6.07, 6.45) is 1.47. The van der Waals surface area contributed by atoms with Gasteiger partial charge in [0.15, 0.2) is 29.6 Å². The summed E-state index contributed by atoms with van der Waals surface area (Å²) in [6.45, 7) is 5.18. The van der Waals surface area contributed by atoms with Gasteiger partial charge in [0, 0.05) is 13.1 Å². The number of carbonyl (C=O) groups is 2. The first-order valence-electron chi connectivity index (χ1n) is 11.2. The van der Waals surface area contributed by atoms with Crippen molar-refractivity contribution in [3.8, 4) is 23.0 Å². The minimum absolute atomic E-state index is 0.186. The van der Waals surface area contributed by atoms with E-state index in [4.69, 9.17) is 35.3 Å². The highest BCUT2D eigenvalue weighted by molar-refractivity contribution is 6.32. The summed E-state index contributed by atoms with van der Waals surface area (Å²) in [7, 11) is 3.16. The first-order chi connectivity index (χ1) is 16.4. The zero-order valence-corrected chi connectivity index (χ0v) is 20.7. The minimum Gasteiger partial charge on any atom is -0.493 e. The lowest BCUT2D eigenvalue weighted by Crippen LogP contribution is -2.38. The molecule has 0 fully saturated rings. The number of carbonyl (C=O) groups excluding carboxylic acids is 2. The Bertz CT molecular complexity index is 1040. The average molecular weight is 492 g/mol. The number of esters is 1. The lowest BCUT2D eigenvalue weighted by atomic mass is 9.99. The molecule has 0 unspecified atom stereocenters. The molecular formula is C25H30ClNO7. The summed E-state index contributed by atoms with van der Waals surface area (Å²) in [5, 5.41) is 0.245. The molecule has 3 rings (SSSR count). The predicted molar refractivity (Wildman–Crippen MR) is 127 cm³/mol. The van der Waals surface area contributed by atoms with Gasteiger partial charge in [-0.1, -0.05) is 18.5 Å². The second-order valence-corrected chi connectivity index (χ2v) is 8.09. The van der Waals surface area contributed by atoms with Crippen molar-refractivity contribution in [2.75, 3.05) is 40.6 Å². The van der Waals surface area contributed by atoms with E-state index in [1.54, 1.807) is 19.1 Å². The molecular weight excluding hydrogens is 462 g/mol. The fourth-order valence-electron chi connectivity index (χ4n) is 3.69. The topological polar surface area (TPSA) is 83.5 Å². The van der Waals surface area contributed by atoms with Gasteiger partial charge < -0.3 is 28.6 Å². The standard InChI is InChI=1S/C25H30ClNO7/c1-5-9-33-24-19(26)10-17(12-22(24)32-6-2)25(29)34-15-23(28)27-8-7-16-11-20(30-3)21(31-4)13-18(16)14-27/h10-13H,5-9,14-15H2,1-4H3.